The van der Waals surface area contributed by atoms with Crippen molar-refractivity contribution in [3.8, 4) is 34.3 Å². The summed E-state index contributed by atoms with van der Waals surface area (Å²) in [7, 11) is 3.41. The summed E-state index contributed by atoms with van der Waals surface area (Å²) in [5.41, 5.74) is 3.20. The number of benzene rings is 2. The molecule has 4 aromatic rings. The van der Waals surface area contributed by atoms with Crippen LogP contribution in [0.15, 0.2) is 48.5 Å². The largest absolute Gasteiger partial charge is 0.508 e. The van der Waals surface area contributed by atoms with Crippen molar-refractivity contribution in [3.05, 3.63) is 59.6 Å². The van der Waals surface area contributed by atoms with Crippen LogP contribution in [0.3, 0.4) is 0 Å². The van der Waals surface area contributed by atoms with Crippen molar-refractivity contribution < 1.29 is 24.5 Å². The fourth-order valence-electron chi connectivity index (χ4n) is 3.66. The maximum Gasteiger partial charge on any atom is 0.235 e. The zero-order valence-corrected chi connectivity index (χ0v) is 16.1. The molecular formula is C22H17N3O5. The zero-order valence-electron chi connectivity index (χ0n) is 16.1. The van der Waals surface area contributed by atoms with Gasteiger partial charge in [-0.3, -0.25) is 9.48 Å². The second-order valence-electron chi connectivity index (χ2n) is 7.01. The average Bonchev–Trinajstić information content (AvgIpc) is 3.38. The molecule has 0 radical (unpaired) electrons. The number of ketones is 1. The first-order chi connectivity index (χ1) is 14.4. The number of Topliss-reactive ketones (excluding diaryl/α,β-unsaturated/α-hetero) is 1. The molecule has 3 N–H and O–H groups in total. The highest BCUT2D eigenvalue weighted by molar-refractivity contribution is 6.17. The van der Waals surface area contributed by atoms with Gasteiger partial charge in [0.15, 0.2) is 5.76 Å². The molecule has 0 amide bonds. The number of nitrogens with zero attached hydrogens (tertiary/aromatic N) is 2. The van der Waals surface area contributed by atoms with E-state index in [9.17, 15) is 15.0 Å². The average molecular weight is 403 g/mol. The standard InChI is InChI=1S/C22H17N3O5/c1-25-10-11(9-23-25)21-15(14-7-13(29-2)3-4-16(14)24-21)8-19-22(28)20-17(27)5-12(26)6-18(20)30-19/h3-10,24,26-27H,1-2H3. The second-order valence-corrected chi connectivity index (χ2v) is 7.01. The van der Waals surface area contributed by atoms with E-state index in [1.165, 1.54) is 6.07 Å². The minimum Gasteiger partial charge on any atom is -0.508 e. The lowest BCUT2D eigenvalue weighted by Gasteiger charge is -2.02. The number of aryl methyl sites for hydroxylation is 1. The van der Waals surface area contributed by atoms with E-state index in [0.29, 0.717) is 5.75 Å². The van der Waals surface area contributed by atoms with Crippen LogP contribution in [0.2, 0.25) is 0 Å². The summed E-state index contributed by atoms with van der Waals surface area (Å²) in [6, 6.07) is 8.02. The number of carbonyl (C=O) groups is 1. The van der Waals surface area contributed by atoms with E-state index in [-0.39, 0.29) is 28.6 Å². The van der Waals surface area contributed by atoms with Crippen molar-refractivity contribution in [1.82, 2.24) is 14.8 Å². The maximum atomic E-state index is 12.9. The molecule has 0 bridgehead atoms. The van der Waals surface area contributed by atoms with Gasteiger partial charge in [-0.1, -0.05) is 0 Å². The van der Waals surface area contributed by atoms with E-state index in [1.54, 1.807) is 24.1 Å². The first-order valence-electron chi connectivity index (χ1n) is 9.13. The highest BCUT2D eigenvalue weighted by atomic mass is 16.5. The van der Waals surface area contributed by atoms with Crippen LogP contribution in [0.1, 0.15) is 15.9 Å². The third kappa shape index (κ3) is 2.69. The molecule has 0 fully saturated rings. The lowest BCUT2D eigenvalue weighted by Crippen LogP contribution is -1.98. The number of nitrogens with one attached hydrogen (secondary N) is 1. The Labute approximate surface area is 170 Å². The van der Waals surface area contributed by atoms with E-state index in [4.69, 9.17) is 9.47 Å². The number of aromatic hydroxyl groups is 2. The molecule has 2 aromatic carbocycles. The van der Waals surface area contributed by atoms with Crippen molar-refractivity contribution >= 4 is 22.8 Å². The molecule has 0 saturated heterocycles. The molecule has 1 aliphatic rings. The topological polar surface area (TPSA) is 110 Å². The van der Waals surface area contributed by atoms with Crippen molar-refractivity contribution in [2.24, 2.45) is 7.05 Å². The van der Waals surface area contributed by atoms with E-state index < -0.39 is 5.78 Å². The number of hydrogen-bond donors (Lipinski definition) is 3. The predicted octanol–water partition coefficient (Wildman–Crippen LogP) is 3.60. The smallest absolute Gasteiger partial charge is 0.235 e. The van der Waals surface area contributed by atoms with Gasteiger partial charge in [-0.2, -0.15) is 5.10 Å². The van der Waals surface area contributed by atoms with Gasteiger partial charge in [-0.05, 0) is 24.3 Å². The van der Waals surface area contributed by atoms with Gasteiger partial charge in [0.25, 0.3) is 0 Å². The summed E-state index contributed by atoms with van der Waals surface area (Å²) in [6.07, 6.45) is 5.21. The summed E-state index contributed by atoms with van der Waals surface area (Å²) in [5, 5.41) is 24.8. The van der Waals surface area contributed by atoms with Crippen molar-refractivity contribution in [2.45, 2.75) is 0 Å². The summed E-state index contributed by atoms with van der Waals surface area (Å²) in [4.78, 5) is 16.2. The number of fused-ring (bicyclic) bond motifs is 2. The van der Waals surface area contributed by atoms with Gasteiger partial charge in [0.2, 0.25) is 5.78 Å². The van der Waals surface area contributed by atoms with Crippen LogP contribution in [0.4, 0.5) is 0 Å². The number of methoxy groups -OCH3 is 1. The molecule has 3 heterocycles. The Balaban J connectivity index is 1.72. The Morgan fingerprint density at radius 1 is 1.23 bits per heavy atom. The van der Waals surface area contributed by atoms with E-state index >= 15 is 0 Å². The first kappa shape index (κ1) is 17.9. The van der Waals surface area contributed by atoms with E-state index in [2.05, 4.69) is 10.1 Å². The number of allylic oxidation sites excluding steroid dienone is 1. The zero-order chi connectivity index (χ0) is 21.0. The molecule has 8 nitrogen and oxygen atoms in total. The Kier molecular flexibility index (Phi) is 3.82. The second kappa shape index (κ2) is 6.41. The van der Waals surface area contributed by atoms with Crippen LogP contribution >= 0.6 is 0 Å². The fraction of sp³-hybridized carbons (Fsp3) is 0.0909. The Bertz CT molecular complexity index is 1360. The number of phenols is 2. The van der Waals surface area contributed by atoms with Crippen LogP contribution in [0.5, 0.6) is 23.0 Å². The summed E-state index contributed by atoms with van der Waals surface area (Å²) in [5.74, 6) is -0.149. The number of H-pyrrole nitrogens is 1. The predicted molar refractivity (Wildman–Crippen MR) is 110 cm³/mol. The van der Waals surface area contributed by atoms with Crippen molar-refractivity contribution in [2.75, 3.05) is 7.11 Å². The van der Waals surface area contributed by atoms with Crippen LogP contribution in [-0.2, 0) is 7.05 Å². The summed E-state index contributed by atoms with van der Waals surface area (Å²) >= 11 is 0. The van der Waals surface area contributed by atoms with Gasteiger partial charge in [-0.25, -0.2) is 0 Å². The number of aromatic nitrogens is 3. The van der Waals surface area contributed by atoms with Gasteiger partial charge in [0, 0.05) is 47.4 Å². The van der Waals surface area contributed by atoms with Crippen molar-refractivity contribution in [3.63, 3.8) is 0 Å². The minimum atomic E-state index is -0.461. The molecule has 30 heavy (non-hydrogen) atoms. The van der Waals surface area contributed by atoms with Gasteiger partial charge < -0.3 is 24.7 Å². The van der Waals surface area contributed by atoms with Crippen molar-refractivity contribution in [1.29, 1.82) is 0 Å². The Morgan fingerprint density at radius 3 is 2.80 bits per heavy atom. The molecular weight excluding hydrogens is 386 g/mol. The SMILES string of the molecule is COc1ccc2[nH]c(-c3cnn(C)c3)c(C=C3Oc4cc(O)cc(O)c4C3=O)c2c1. The third-order valence-electron chi connectivity index (χ3n) is 5.05. The van der Waals surface area contributed by atoms with E-state index in [1.807, 2.05) is 31.4 Å². The number of ether oxygens (including phenoxy) is 2. The number of rotatable bonds is 3. The molecule has 2 aromatic heterocycles. The van der Waals surface area contributed by atoms with E-state index in [0.717, 1.165) is 33.8 Å². The monoisotopic (exact) mass is 403 g/mol. The fourth-order valence-corrected chi connectivity index (χ4v) is 3.66. The van der Waals surface area contributed by atoms with Gasteiger partial charge in [0.05, 0.1) is 19.0 Å². The molecule has 5 rings (SSSR count). The molecule has 8 heteroatoms. The van der Waals surface area contributed by atoms with Crippen LogP contribution < -0.4 is 9.47 Å². The molecule has 1 aliphatic heterocycles. The maximum absolute atomic E-state index is 12.9. The first-order valence-corrected chi connectivity index (χ1v) is 9.13. The minimum absolute atomic E-state index is 0.0272. The van der Waals surface area contributed by atoms with Crippen LogP contribution in [0.25, 0.3) is 28.2 Å². The lowest BCUT2D eigenvalue weighted by molar-refractivity contribution is 0.101. The number of aromatic amines is 1. The molecule has 0 unspecified atom stereocenters. The highest BCUT2D eigenvalue weighted by Gasteiger charge is 2.32. The van der Waals surface area contributed by atoms with Gasteiger partial charge in [0.1, 0.15) is 28.6 Å². The van der Waals surface area contributed by atoms with Gasteiger partial charge >= 0.3 is 0 Å². The summed E-state index contributed by atoms with van der Waals surface area (Å²) in [6.45, 7) is 0. The normalized spacial score (nSPS) is 14.3. The Hall–Kier alpha value is -4.20. The molecule has 150 valence electrons. The summed E-state index contributed by atoms with van der Waals surface area (Å²) < 4.78 is 12.7. The number of phenolic OH excluding ortho intramolecular Hbond substituents is 2. The van der Waals surface area contributed by atoms with Crippen LogP contribution in [0, 0.1) is 0 Å². The Morgan fingerprint density at radius 2 is 2.07 bits per heavy atom. The molecule has 0 saturated carbocycles. The lowest BCUT2D eigenvalue weighted by atomic mass is 10.0. The van der Waals surface area contributed by atoms with Gasteiger partial charge in [-0.15, -0.1) is 0 Å². The molecule has 0 spiro atoms. The number of carbonyl (C=O) groups excluding carboxylic acids is 1. The van der Waals surface area contributed by atoms with Crippen LogP contribution in [-0.4, -0.2) is 37.9 Å². The number of hydrogen-bond acceptors (Lipinski definition) is 6. The highest BCUT2D eigenvalue weighted by Crippen LogP contribution is 2.42. The molecule has 0 atom stereocenters. The third-order valence-corrected chi connectivity index (χ3v) is 5.05. The molecule has 0 aliphatic carbocycles. The quantitative estimate of drug-likeness (QED) is 0.451.